The van der Waals surface area contributed by atoms with E-state index in [1.807, 2.05) is 0 Å². The van der Waals surface area contributed by atoms with Crippen LogP contribution in [0.4, 0.5) is 9.52 Å². The van der Waals surface area contributed by atoms with Gasteiger partial charge in [0.25, 0.3) is 10.0 Å². The van der Waals surface area contributed by atoms with E-state index in [4.69, 9.17) is 5.21 Å². The lowest BCUT2D eigenvalue weighted by atomic mass is 10.3. The first-order valence-corrected chi connectivity index (χ1v) is 7.72. The summed E-state index contributed by atoms with van der Waals surface area (Å²) >= 11 is 1.00. The van der Waals surface area contributed by atoms with Crippen molar-refractivity contribution in [1.29, 1.82) is 0 Å². The van der Waals surface area contributed by atoms with Crippen LogP contribution in [0, 0.1) is 5.82 Å². The van der Waals surface area contributed by atoms with Gasteiger partial charge in [0.05, 0.1) is 0 Å². The van der Waals surface area contributed by atoms with Crippen molar-refractivity contribution in [3.05, 3.63) is 41.2 Å². The summed E-state index contributed by atoms with van der Waals surface area (Å²) in [6.45, 7) is 1.52. The van der Waals surface area contributed by atoms with Crippen LogP contribution in [0.3, 0.4) is 0 Å². The Morgan fingerprint density at radius 1 is 1.45 bits per heavy atom. The van der Waals surface area contributed by atoms with Gasteiger partial charge in [0.2, 0.25) is 0 Å². The van der Waals surface area contributed by atoms with Gasteiger partial charge in [0, 0.05) is 5.38 Å². The van der Waals surface area contributed by atoms with Crippen molar-refractivity contribution in [2.24, 2.45) is 5.16 Å². The van der Waals surface area contributed by atoms with E-state index < -0.39 is 20.7 Å². The molecule has 6 nitrogen and oxygen atoms in total. The highest BCUT2D eigenvalue weighted by molar-refractivity contribution is 7.93. The second-order valence-electron chi connectivity index (χ2n) is 3.76. The molecule has 0 radical (unpaired) electrons. The number of hydrogen-bond acceptors (Lipinski definition) is 6. The summed E-state index contributed by atoms with van der Waals surface area (Å²) in [5.74, 6) is -0.843. The molecule has 0 spiro atoms. The van der Waals surface area contributed by atoms with Crippen molar-refractivity contribution in [3.63, 3.8) is 0 Å². The summed E-state index contributed by atoms with van der Waals surface area (Å²) in [7, 11) is -4.04. The Labute approximate surface area is 118 Å². The molecule has 1 aromatic heterocycles. The maximum atomic E-state index is 13.5. The first-order chi connectivity index (χ1) is 9.44. The summed E-state index contributed by atoms with van der Waals surface area (Å²) in [5, 5.41) is 13.2. The van der Waals surface area contributed by atoms with E-state index in [1.54, 1.807) is 0 Å². The van der Waals surface area contributed by atoms with E-state index >= 15 is 0 Å². The summed E-state index contributed by atoms with van der Waals surface area (Å²) in [5.41, 5.74) is 0.585. The SMILES string of the molecule is CC(=NO)c1csc(NS(=O)(=O)c2ccccc2F)n1. The standard InChI is InChI=1S/C11H10FN3O3S2/c1-7(14-16)9-6-19-11(13-9)15-20(17,18)10-5-3-2-4-8(10)12/h2-6,16H,1H3,(H,13,15). The molecule has 0 aliphatic heterocycles. The molecular formula is C11H10FN3O3S2. The second-order valence-corrected chi connectivity index (χ2v) is 6.27. The molecule has 2 N–H and O–H groups in total. The number of nitrogens with zero attached hydrogens (tertiary/aromatic N) is 2. The Kier molecular flexibility index (Phi) is 4.00. The van der Waals surface area contributed by atoms with Crippen LogP contribution in [-0.2, 0) is 10.0 Å². The van der Waals surface area contributed by atoms with Gasteiger partial charge in [-0.05, 0) is 19.1 Å². The second kappa shape index (κ2) is 5.55. The Morgan fingerprint density at radius 3 is 2.80 bits per heavy atom. The summed E-state index contributed by atoms with van der Waals surface area (Å²) in [6.07, 6.45) is 0. The minimum atomic E-state index is -4.04. The number of halogens is 1. The van der Waals surface area contributed by atoms with Crippen LogP contribution >= 0.6 is 11.3 Å². The van der Waals surface area contributed by atoms with Gasteiger partial charge in [0.15, 0.2) is 5.13 Å². The first-order valence-electron chi connectivity index (χ1n) is 5.36. The molecule has 1 heterocycles. The third-order valence-electron chi connectivity index (χ3n) is 2.37. The van der Waals surface area contributed by atoms with Crippen LogP contribution in [0.15, 0.2) is 39.7 Å². The minimum absolute atomic E-state index is 0.0613. The Morgan fingerprint density at radius 2 is 2.15 bits per heavy atom. The van der Waals surface area contributed by atoms with E-state index in [-0.39, 0.29) is 10.8 Å². The van der Waals surface area contributed by atoms with Gasteiger partial charge in [-0.15, -0.1) is 11.3 Å². The molecule has 0 bridgehead atoms. The predicted molar refractivity (Wildman–Crippen MR) is 73.3 cm³/mol. The van der Waals surface area contributed by atoms with Gasteiger partial charge in [-0.2, -0.15) is 0 Å². The third-order valence-corrected chi connectivity index (χ3v) is 4.63. The van der Waals surface area contributed by atoms with Crippen molar-refractivity contribution < 1.29 is 18.0 Å². The first kappa shape index (κ1) is 14.4. The predicted octanol–water partition coefficient (Wildman–Crippen LogP) is 2.28. The number of benzene rings is 1. The molecule has 0 saturated heterocycles. The number of hydrogen-bond donors (Lipinski definition) is 2. The van der Waals surface area contributed by atoms with Gasteiger partial charge in [-0.25, -0.2) is 17.8 Å². The number of thiazole rings is 1. The molecule has 2 aromatic rings. The highest BCUT2D eigenvalue weighted by Gasteiger charge is 2.20. The zero-order valence-electron chi connectivity index (χ0n) is 10.2. The van der Waals surface area contributed by atoms with Crippen molar-refractivity contribution in [3.8, 4) is 0 Å². The molecule has 0 unspecified atom stereocenters. The average molecular weight is 315 g/mol. The third kappa shape index (κ3) is 2.94. The zero-order chi connectivity index (χ0) is 14.8. The Balaban J connectivity index is 2.30. The van der Waals surface area contributed by atoms with E-state index in [9.17, 15) is 12.8 Å². The molecule has 20 heavy (non-hydrogen) atoms. The molecule has 0 amide bonds. The monoisotopic (exact) mass is 315 g/mol. The maximum absolute atomic E-state index is 13.5. The number of sulfonamides is 1. The zero-order valence-corrected chi connectivity index (χ0v) is 11.9. The summed E-state index contributed by atoms with van der Waals surface area (Å²) in [6, 6.07) is 5.04. The highest BCUT2D eigenvalue weighted by atomic mass is 32.2. The summed E-state index contributed by atoms with van der Waals surface area (Å²) < 4.78 is 39.7. The van der Waals surface area contributed by atoms with Gasteiger partial charge in [-0.3, -0.25) is 4.72 Å². The largest absolute Gasteiger partial charge is 0.411 e. The lowest BCUT2D eigenvalue weighted by Gasteiger charge is -2.05. The number of aromatic nitrogens is 1. The topological polar surface area (TPSA) is 91.7 Å². The van der Waals surface area contributed by atoms with Crippen LogP contribution in [-0.4, -0.2) is 24.3 Å². The lowest BCUT2D eigenvalue weighted by molar-refractivity contribution is 0.319. The van der Waals surface area contributed by atoms with Crippen molar-refractivity contribution >= 4 is 32.2 Å². The van der Waals surface area contributed by atoms with Crippen LogP contribution in [0.25, 0.3) is 0 Å². The van der Waals surface area contributed by atoms with Gasteiger partial charge in [-0.1, -0.05) is 17.3 Å². The van der Waals surface area contributed by atoms with Crippen molar-refractivity contribution in [2.45, 2.75) is 11.8 Å². The van der Waals surface area contributed by atoms with E-state index in [0.717, 1.165) is 23.5 Å². The number of oxime groups is 1. The highest BCUT2D eigenvalue weighted by Crippen LogP contribution is 2.21. The van der Waals surface area contributed by atoms with E-state index in [2.05, 4.69) is 14.9 Å². The fourth-order valence-electron chi connectivity index (χ4n) is 1.37. The Hall–Kier alpha value is -2.00. The molecule has 0 aliphatic carbocycles. The molecule has 9 heteroatoms. The number of nitrogens with one attached hydrogen (secondary N) is 1. The van der Waals surface area contributed by atoms with Crippen LogP contribution in [0.5, 0.6) is 0 Å². The molecule has 0 fully saturated rings. The number of rotatable bonds is 4. The van der Waals surface area contributed by atoms with Crippen LogP contribution in [0.2, 0.25) is 0 Å². The van der Waals surface area contributed by atoms with Crippen molar-refractivity contribution in [1.82, 2.24) is 4.98 Å². The van der Waals surface area contributed by atoms with Gasteiger partial charge in [0.1, 0.15) is 22.1 Å². The molecule has 0 saturated carbocycles. The molecular weight excluding hydrogens is 305 g/mol. The lowest BCUT2D eigenvalue weighted by Crippen LogP contribution is -2.14. The van der Waals surface area contributed by atoms with Crippen LogP contribution < -0.4 is 4.72 Å². The normalized spacial score (nSPS) is 12.4. The molecule has 0 atom stereocenters. The molecule has 106 valence electrons. The smallest absolute Gasteiger partial charge is 0.266 e. The van der Waals surface area contributed by atoms with Gasteiger partial charge >= 0.3 is 0 Å². The fraction of sp³-hybridized carbons (Fsp3) is 0.0909. The number of anilines is 1. The van der Waals surface area contributed by atoms with Gasteiger partial charge < -0.3 is 5.21 Å². The maximum Gasteiger partial charge on any atom is 0.266 e. The quantitative estimate of drug-likeness (QED) is 0.514. The fourth-order valence-corrected chi connectivity index (χ4v) is 3.46. The summed E-state index contributed by atoms with van der Waals surface area (Å²) in [4.78, 5) is 3.48. The average Bonchev–Trinajstić information content (AvgIpc) is 2.85. The van der Waals surface area contributed by atoms with Crippen molar-refractivity contribution in [2.75, 3.05) is 4.72 Å². The molecule has 1 aromatic carbocycles. The Bertz CT molecular complexity index is 756. The molecule has 2 rings (SSSR count). The molecule has 0 aliphatic rings. The van der Waals surface area contributed by atoms with Crippen LogP contribution in [0.1, 0.15) is 12.6 Å². The van der Waals surface area contributed by atoms with E-state index in [0.29, 0.717) is 5.69 Å². The minimum Gasteiger partial charge on any atom is -0.411 e. The van der Waals surface area contributed by atoms with E-state index in [1.165, 1.54) is 24.4 Å².